The summed E-state index contributed by atoms with van der Waals surface area (Å²) in [5.74, 6) is 3.66. The second-order valence-electron chi connectivity index (χ2n) is 22.0. The van der Waals surface area contributed by atoms with Crippen LogP contribution in [0.3, 0.4) is 0 Å². The third-order valence-corrected chi connectivity index (χ3v) is 18.8. The Morgan fingerprint density at radius 2 is 1.13 bits per heavy atom. The Morgan fingerprint density at radius 3 is 1.63 bits per heavy atom. The number of aldehydes is 1. The molecule has 1 N–H and O–H groups in total. The smallest absolute Gasteiger partial charge is 0.312 e. The number of aryl methyl sites for hydroxylation is 2. The average molecular weight is 822 g/mol. The Bertz CT molecular complexity index is 2200. The molecule has 2 saturated heterocycles. The van der Waals surface area contributed by atoms with Crippen molar-refractivity contribution in [1.82, 2.24) is 5.16 Å². The number of aromatic nitrogens is 1. The number of aromatic hydroxyl groups is 1. The number of esters is 2. The van der Waals surface area contributed by atoms with Gasteiger partial charge in [0.1, 0.15) is 17.0 Å². The Kier molecular flexibility index (Phi) is 10.3. The van der Waals surface area contributed by atoms with Gasteiger partial charge in [0.05, 0.1) is 22.6 Å². The fraction of sp³-hybridized carbons (Fsp3) is 0.692. The second-order valence-corrected chi connectivity index (χ2v) is 22.0. The van der Waals surface area contributed by atoms with Crippen molar-refractivity contribution in [1.29, 1.82) is 0 Å². The molecular weight excluding hydrogens is 751 g/mol. The monoisotopic (exact) mass is 822 g/mol. The molecule has 2 aromatic carbocycles. The zero-order valence-corrected chi connectivity index (χ0v) is 35.6. The number of phenolic OH excluding ortho intramolecular Hbond substituents is 1. The van der Waals surface area contributed by atoms with Crippen LogP contribution in [0.1, 0.15) is 191 Å². The van der Waals surface area contributed by atoms with Crippen LogP contribution in [0.2, 0.25) is 0 Å². The predicted octanol–water partition coefficient (Wildman–Crippen LogP) is 12.2. The summed E-state index contributed by atoms with van der Waals surface area (Å²) in [6.45, 7) is 12.9. The first-order chi connectivity index (χ1) is 27.5. The van der Waals surface area contributed by atoms with Crippen molar-refractivity contribution >= 4 is 29.2 Å². The quantitative estimate of drug-likeness (QED) is 0.191. The van der Waals surface area contributed by atoms with Crippen molar-refractivity contribution in [2.45, 2.75) is 182 Å². The predicted molar refractivity (Wildman–Crippen MR) is 234 cm³/mol. The maximum absolute atomic E-state index is 12.8. The highest BCUT2D eigenvalue weighted by molar-refractivity contribution is 5.81. The second kappa shape index (κ2) is 14.4. The summed E-state index contributed by atoms with van der Waals surface area (Å²) in [6.07, 6.45) is 19.8. The third-order valence-electron chi connectivity index (χ3n) is 18.8. The first-order valence-corrected chi connectivity index (χ1v) is 22.7. The van der Waals surface area contributed by atoms with Crippen LogP contribution < -0.4 is 0 Å². The number of ether oxygens (including phenoxy) is 2. The number of nitrogens with zero attached hydrogens (tertiary/aromatic N) is 1. The molecular formula is C52H71NO7. The van der Waals surface area contributed by atoms with Gasteiger partial charge in [0.25, 0.3) is 0 Å². The normalized spacial score (nSPS) is 38.8. The molecule has 4 saturated carbocycles. The number of carbonyl (C=O) groups is 3. The highest BCUT2D eigenvalue weighted by Crippen LogP contribution is 2.69. The summed E-state index contributed by atoms with van der Waals surface area (Å²) in [5.41, 5.74) is 5.73. The first kappa shape index (κ1) is 43.0. The van der Waals surface area contributed by atoms with Crippen molar-refractivity contribution < 1.29 is 33.5 Å². The molecule has 1 aromatic heterocycles. The summed E-state index contributed by atoms with van der Waals surface area (Å²) in [6, 6.07) is 8.31. The van der Waals surface area contributed by atoms with Gasteiger partial charge in [-0.2, -0.15) is 0 Å². The molecule has 11 rings (SSSR count). The third kappa shape index (κ3) is 6.01. The Morgan fingerprint density at radius 1 is 0.633 bits per heavy atom. The minimum absolute atomic E-state index is 0. The van der Waals surface area contributed by atoms with Gasteiger partial charge >= 0.3 is 11.9 Å². The van der Waals surface area contributed by atoms with Gasteiger partial charge in [-0.05, 0) is 212 Å². The van der Waals surface area contributed by atoms with Crippen LogP contribution in [0.25, 0.3) is 11.0 Å². The Hall–Kier alpha value is -3.68. The van der Waals surface area contributed by atoms with E-state index in [0.717, 1.165) is 101 Å². The minimum atomic E-state index is -0.367. The van der Waals surface area contributed by atoms with Gasteiger partial charge in [-0.15, -0.1) is 0 Å². The summed E-state index contributed by atoms with van der Waals surface area (Å²) in [4.78, 5) is 36.9. The molecule has 8 aliphatic rings. The van der Waals surface area contributed by atoms with E-state index in [2.05, 4.69) is 31.1 Å². The molecule has 0 bridgehead atoms. The molecule has 2 aliphatic heterocycles. The van der Waals surface area contributed by atoms with Crippen molar-refractivity contribution in [2.24, 2.45) is 45.3 Å². The van der Waals surface area contributed by atoms with E-state index in [9.17, 15) is 19.5 Å². The lowest BCUT2D eigenvalue weighted by Crippen LogP contribution is -2.56. The maximum atomic E-state index is 12.8. The van der Waals surface area contributed by atoms with E-state index in [4.69, 9.17) is 14.0 Å². The number of fused-ring (bicyclic) bond motifs is 13. The van der Waals surface area contributed by atoms with Crippen molar-refractivity contribution in [2.75, 3.05) is 0 Å². The van der Waals surface area contributed by atoms with Gasteiger partial charge in [0, 0.05) is 16.2 Å². The van der Waals surface area contributed by atoms with E-state index in [1.54, 1.807) is 0 Å². The number of benzene rings is 2. The molecule has 6 fully saturated rings. The maximum Gasteiger partial charge on any atom is 0.312 e. The van der Waals surface area contributed by atoms with Crippen LogP contribution in [-0.2, 0) is 31.9 Å². The van der Waals surface area contributed by atoms with E-state index in [0.29, 0.717) is 41.1 Å². The number of hydrogen-bond donors (Lipinski definition) is 1. The van der Waals surface area contributed by atoms with Crippen molar-refractivity contribution in [3.63, 3.8) is 0 Å². The van der Waals surface area contributed by atoms with Crippen molar-refractivity contribution in [3.05, 3.63) is 58.3 Å². The zero-order valence-electron chi connectivity index (χ0n) is 35.6. The lowest BCUT2D eigenvalue weighted by atomic mass is 9.52. The van der Waals surface area contributed by atoms with Crippen LogP contribution in [0.15, 0.2) is 35.0 Å². The molecule has 6 unspecified atom stereocenters. The molecule has 3 heterocycles. The fourth-order valence-electron chi connectivity index (χ4n) is 15.0. The van der Waals surface area contributed by atoms with Gasteiger partial charge in [-0.3, -0.25) is 14.4 Å². The molecule has 3 aromatic rings. The Labute approximate surface area is 358 Å². The lowest BCUT2D eigenvalue weighted by molar-refractivity contribution is -0.206. The molecule has 60 heavy (non-hydrogen) atoms. The van der Waals surface area contributed by atoms with Crippen LogP contribution in [-0.4, -0.2) is 39.7 Å². The summed E-state index contributed by atoms with van der Waals surface area (Å²) < 4.78 is 18.1. The SMILES string of the molecule is C.C.CC1(C)CC[C@@]2(CCC3C4CCc5cc(O)c(C=O)cc5C4CC[C@@]32C)OC1=O.CC1(C)CC[C@@]2(CCC3C4CCc5cc6oncc6cc5C4CC[C@@]32C)OC1=O. The van der Waals surface area contributed by atoms with E-state index < -0.39 is 0 Å². The number of carbonyl (C=O) groups excluding carboxylic acids is 3. The molecule has 326 valence electrons. The number of rotatable bonds is 1. The summed E-state index contributed by atoms with van der Waals surface area (Å²) >= 11 is 0. The molecule has 8 heteroatoms. The molecule has 0 amide bonds. The molecule has 6 aliphatic carbocycles. The van der Waals surface area contributed by atoms with Crippen LogP contribution in [0, 0.1) is 45.3 Å². The van der Waals surface area contributed by atoms with E-state index in [1.165, 1.54) is 41.5 Å². The van der Waals surface area contributed by atoms with Gasteiger partial charge in [0.15, 0.2) is 11.9 Å². The first-order valence-electron chi connectivity index (χ1n) is 22.7. The zero-order chi connectivity index (χ0) is 40.6. The van der Waals surface area contributed by atoms with E-state index >= 15 is 0 Å². The number of hydrogen-bond acceptors (Lipinski definition) is 8. The largest absolute Gasteiger partial charge is 0.507 e. The Balaban J connectivity index is 0.000000161. The van der Waals surface area contributed by atoms with Gasteiger partial charge in [-0.1, -0.05) is 33.9 Å². The van der Waals surface area contributed by atoms with Gasteiger partial charge < -0.3 is 19.1 Å². The minimum Gasteiger partial charge on any atom is -0.507 e. The topological polar surface area (TPSA) is 116 Å². The van der Waals surface area contributed by atoms with Crippen molar-refractivity contribution in [3.8, 4) is 5.75 Å². The van der Waals surface area contributed by atoms with E-state index in [-0.39, 0.29) is 65.4 Å². The van der Waals surface area contributed by atoms with Crippen LogP contribution in [0.5, 0.6) is 5.75 Å². The lowest BCUT2D eigenvalue weighted by Gasteiger charge is -2.56. The molecule has 10 atom stereocenters. The average Bonchev–Trinajstić information content (AvgIpc) is 3.86. The van der Waals surface area contributed by atoms with E-state index in [1.807, 2.05) is 46.0 Å². The molecule has 0 radical (unpaired) electrons. The summed E-state index contributed by atoms with van der Waals surface area (Å²) in [7, 11) is 0. The van der Waals surface area contributed by atoms with Crippen LogP contribution in [0.4, 0.5) is 0 Å². The fourth-order valence-corrected chi connectivity index (χ4v) is 15.0. The molecule has 8 nitrogen and oxygen atoms in total. The molecule has 2 spiro atoms. The van der Waals surface area contributed by atoms with Crippen LogP contribution >= 0.6 is 0 Å². The standard InChI is InChI=1S/C25H31NO3.C25H32O4.2CH4/c1-23(2)10-11-25(28-22(23)27)9-7-20-18-5-4-15-13-21-16(14-26-29-21)12-19(15)17(18)6-8-24(20,25)3;1-23(2)10-11-25(29-22(23)28)9-7-20-18-5-4-15-13-21(27)16(14-26)12-19(15)17(18)6-8-24(20,25)3;;/h12-14,17-18,20H,4-11H2,1-3H3;12-14,17-18,20,27H,4-11H2,1-3H3;2*1H4/t2*17?,18?,20?,24-,25+;;/m00../s1. The van der Waals surface area contributed by atoms with Gasteiger partial charge in [-0.25, -0.2) is 0 Å². The summed E-state index contributed by atoms with van der Waals surface area (Å²) in [5, 5.41) is 15.2. The van der Waals surface area contributed by atoms with Gasteiger partial charge in [0.2, 0.25) is 0 Å². The highest BCUT2D eigenvalue weighted by atomic mass is 16.6. The highest BCUT2D eigenvalue weighted by Gasteiger charge is 2.67. The number of phenols is 1.